The molecule has 0 N–H and O–H groups in total. The number of hydrogen-bond donors (Lipinski definition) is 0. The van der Waals surface area contributed by atoms with Crippen LogP contribution in [0, 0.1) is 0 Å². The van der Waals surface area contributed by atoms with Crippen molar-refractivity contribution in [1.29, 1.82) is 0 Å². The van der Waals surface area contributed by atoms with Gasteiger partial charge in [0.15, 0.2) is 0 Å². The largest absolute Gasteiger partial charge is 0.465 e. The van der Waals surface area contributed by atoms with Crippen molar-refractivity contribution in [2.45, 2.75) is 32.7 Å². The number of unbranched alkanes of at least 4 members (excludes halogenated alkanes) is 1. The summed E-state index contributed by atoms with van der Waals surface area (Å²) in [6.45, 7) is 2.83. The fourth-order valence-corrected chi connectivity index (χ4v) is 3.24. The summed E-state index contributed by atoms with van der Waals surface area (Å²) in [5.74, 6) is 0.707. The number of methoxy groups -OCH3 is 1. The van der Waals surface area contributed by atoms with E-state index in [1.54, 1.807) is 12.1 Å². The van der Waals surface area contributed by atoms with Crippen LogP contribution in [0.25, 0.3) is 11.3 Å². The molecule has 0 saturated carbocycles. The van der Waals surface area contributed by atoms with E-state index in [1.165, 1.54) is 7.11 Å². The van der Waals surface area contributed by atoms with Gasteiger partial charge in [0.25, 0.3) is 0 Å². The summed E-state index contributed by atoms with van der Waals surface area (Å²) in [6.07, 6.45) is 5.01. The number of aromatic nitrogens is 2. The Balaban J connectivity index is 1.98. The number of benzene rings is 2. The maximum atomic E-state index is 11.7. The normalized spacial score (nSPS) is 10.8. The Hall–Kier alpha value is -2.59. The molecular weight excluding hydrogens is 360 g/mol. The first-order valence-electron chi connectivity index (χ1n) is 9.10. The van der Waals surface area contributed by atoms with Crippen molar-refractivity contribution in [2.75, 3.05) is 7.11 Å². The van der Waals surface area contributed by atoms with Gasteiger partial charge in [-0.05, 0) is 35.7 Å². The third kappa shape index (κ3) is 4.40. The van der Waals surface area contributed by atoms with Crippen LogP contribution in [-0.4, -0.2) is 22.6 Å². The smallest absolute Gasteiger partial charge is 0.337 e. The molecule has 0 spiro atoms. The number of halogens is 1. The lowest BCUT2D eigenvalue weighted by atomic mass is 10.1. The number of rotatable bonds is 7. The molecule has 27 heavy (non-hydrogen) atoms. The third-order valence-corrected chi connectivity index (χ3v) is 4.95. The van der Waals surface area contributed by atoms with Crippen molar-refractivity contribution in [3.05, 3.63) is 76.7 Å². The molecule has 0 amide bonds. The third-order valence-electron chi connectivity index (χ3n) is 4.58. The van der Waals surface area contributed by atoms with Gasteiger partial charge in [-0.15, -0.1) is 0 Å². The lowest BCUT2D eigenvalue weighted by Gasteiger charge is -2.14. The molecule has 0 aliphatic heterocycles. The van der Waals surface area contributed by atoms with Crippen molar-refractivity contribution in [3.63, 3.8) is 0 Å². The Morgan fingerprint density at radius 2 is 1.89 bits per heavy atom. The van der Waals surface area contributed by atoms with Gasteiger partial charge in [-0.1, -0.05) is 55.3 Å². The summed E-state index contributed by atoms with van der Waals surface area (Å²) in [5.41, 5.74) is 3.61. The van der Waals surface area contributed by atoms with Gasteiger partial charge in [0.2, 0.25) is 0 Å². The molecule has 0 aliphatic carbocycles. The first-order valence-corrected chi connectivity index (χ1v) is 9.48. The van der Waals surface area contributed by atoms with E-state index in [9.17, 15) is 4.79 Å². The van der Waals surface area contributed by atoms with Crippen molar-refractivity contribution < 1.29 is 9.53 Å². The number of hydrogen-bond acceptors (Lipinski definition) is 3. The highest BCUT2D eigenvalue weighted by molar-refractivity contribution is 6.31. The Kier molecular flexibility index (Phi) is 6.30. The topological polar surface area (TPSA) is 44.1 Å². The molecule has 0 radical (unpaired) electrons. The number of carbonyl (C=O) groups excluding carboxylic acids is 1. The van der Waals surface area contributed by atoms with E-state index in [2.05, 4.69) is 16.5 Å². The van der Waals surface area contributed by atoms with E-state index in [1.807, 2.05) is 42.6 Å². The Labute approximate surface area is 164 Å². The molecule has 0 aliphatic rings. The molecule has 1 heterocycles. The zero-order chi connectivity index (χ0) is 19.2. The zero-order valence-corrected chi connectivity index (χ0v) is 16.4. The second-order valence-electron chi connectivity index (χ2n) is 6.41. The molecule has 140 valence electrons. The fraction of sp³-hybridized carbons (Fsp3) is 0.273. The highest BCUT2D eigenvalue weighted by Gasteiger charge is 2.14. The quantitative estimate of drug-likeness (QED) is 0.515. The van der Waals surface area contributed by atoms with Crippen LogP contribution in [0.1, 0.15) is 41.5 Å². The van der Waals surface area contributed by atoms with E-state index in [0.717, 1.165) is 46.9 Å². The van der Waals surface area contributed by atoms with Crippen LogP contribution in [-0.2, 0) is 17.7 Å². The van der Waals surface area contributed by atoms with Crippen LogP contribution in [0.5, 0.6) is 0 Å². The molecule has 0 bridgehead atoms. The molecule has 5 heteroatoms. The number of carbonyl (C=O) groups is 1. The standard InChI is InChI=1S/C22H23ClN2O2/c1-3-4-9-21-24-14-20(16-10-12-17(13-11-16)22(26)27-2)25(21)15-18-7-5-6-8-19(18)23/h5-8,10-14H,3-4,9,15H2,1-2H3. The number of ether oxygens (including phenoxy) is 1. The van der Waals surface area contributed by atoms with Gasteiger partial charge in [-0.2, -0.15) is 0 Å². The Morgan fingerprint density at radius 3 is 2.56 bits per heavy atom. The van der Waals surface area contributed by atoms with Crippen LogP contribution in [0.4, 0.5) is 0 Å². The van der Waals surface area contributed by atoms with Gasteiger partial charge in [0.05, 0.1) is 31.1 Å². The molecule has 3 rings (SSSR count). The van der Waals surface area contributed by atoms with Crippen LogP contribution < -0.4 is 0 Å². The highest BCUT2D eigenvalue weighted by atomic mass is 35.5. The van der Waals surface area contributed by atoms with Crippen molar-refractivity contribution in [2.24, 2.45) is 0 Å². The number of aryl methyl sites for hydroxylation is 1. The molecule has 0 atom stereocenters. The molecule has 0 unspecified atom stereocenters. The Bertz CT molecular complexity index is 916. The molecule has 0 saturated heterocycles. The van der Waals surface area contributed by atoms with Gasteiger partial charge in [0, 0.05) is 11.4 Å². The van der Waals surface area contributed by atoms with E-state index < -0.39 is 0 Å². The molecular formula is C22H23ClN2O2. The second kappa shape index (κ2) is 8.87. The SMILES string of the molecule is CCCCc1ncc(-c2ccc(C(=O)OC)cc2)n1Cc1ccccc1Cl. The minimum atomic E-state index is -0.338. The van der Waals surface area contributed by atoms with Gasteiger partial charge in [-0.3, -0.25) is 0 Å². The van der Waals surface area contributed by atoms with Gasteiger partial charge in [-0.25, -0.2) is 9.78 Å². The van der Waals surface area contributed by atoms with Gasteiger partial charge >= 0.3 is 5.97 Å². The summed E-state index contributed by atoms with van der Waals surface area (Å²) in [7, 11) is 1.38. The molecule has 4 nitrogen and oxygen atoms in total. The molecule has 3 aromatic rings. The van der Waals surface area contributed by atoms with Crippen molar-refractivity contribution >= 4 is 17.6 Å². The van der Waals surface area contributed by atoms with Crippen molar-refractivity contribution in [1.82, 2.24) is 9.55 Å². The number of esters is 1. The maximum Gasteiger partial charge on any atom is 0.337 e. The summed E-state index contributed by atoms with van der Waals surface area (Å²) >= 11 is 6.38. The number of imidazole rings is 1. The monoisotopic (exact) mass is 382 g/mol. The van der Waals surface area contributed by atoms with Gasteiger partial charge in [0.1, 0.15) is 5.82 Å². The van der Waals surface area contributed by atoms with E-state index in [-0.39, 0.29) is 5.97 Å². The predicted molar refractivity (Wildman–Crippen MR) is 108 cm³/mol. The van der Waals surface area contributed by atoms with Crippen LogP contribution in [0.3, 0.4) is 0 Å². The molecule has 1 aromatic heterocycles. The maximum absolute atomic E-state index is 11.7. The summed E-state index contributed by atoms with van der Waals surface area (Å²) < 4.78 is 6.99. The summed E-state index contributed by atoms with van der Waals surface area (Å²) in [6, 6.07) is 15.3. The van der Waals surface area contributed by atoms with Crippen LogP contribution >= 0.6 is 11.6 Å². The second-order valence-corrected chi connectivity index (χ2v) is 6.82. The Morgan fingerprint density at radius 1 is 1.15 bits per heavy atom. The zero-order valence-electron chi connectivity index (χ0n) is 15.6. The van der Waals surface area contributed by atoms with E-state index in [0.29, 0.717) is 12.1 Å². The van der Waals surface area contributed by atoms with Gasteiger partial charge < -0.3 is 9.30 Å². The average molecular weight is 383 g/mol. The predicted octanol–water partition coefficient (Wildman–Crippen LogP) is 5.38. The molecule has 0 fully saturated rings. The lowest BCUT2D eigenvalue weighted by molar-refractivity contribution is 0.0601. The van der Waals surface area contributed by atoms with Crippen molar-refractivity contribution in [3.8, 4) is 11.3 Å². The first-order chi connectivity index (χ1) is 13.1. The lowest BCUT2D eigenvalue weighted by Crippen LogP contribution is -2.08. The fourth-order valence-electron chi connectivity index (χ4n) is 3.05. The summed E-state index contributed by atoms with van der Waals surface area (Å²) in [5, 5.41) is 0.750. The minimum Gasteiger partial charge on any atom is -0.465 e. The average Bonchev–Trinajstić information content (AvgIpc) is 3.10. The number of nitrogens with zero attached hydrogens (tertiary/aromatic N) is 2. The molecule has 2 aromatic carbocycles. The first kappa shape index (κ1) is 19.2. The van der Waals surface area contributed by atoms with E-state index in [4.69, 9.17) is 16.3 Å². The van der Waals surface area contributed by atoms with E-state index >= 15 is 0 Å². The van der Waals surface area contributed by atoms with Crippen LogP contribution in [0.15, 0.2) is 54.7 Å². The minimum absolute atomic E-state index is 0.338. The van der Waals surface area contributed by atoms with Crippen LogP contribution in [0.2, 0.25) is 5.02 Å². The highest BCUT2D eigenvalue weighted by Crippen LogP contribution is 2.25. The summed E-state index contributed by atoms with van der Waals surface area (Å²) in [4.78, 5) is 16.3.